The Labute approximate surface area is 166 Å². The zero-order chi connectivity index (χ0) is 20.4. The average Bonchev–Trinajstić information content (AvgIpc) is 2.69. The van der Waals surface area contributed by atoms with Gasteiger partial charge >= 0.3 is 5.97 Å². The van der Waals surface area contributed by atoms with Gasteiger partial charge in [-0.3, -0.25) is 4.90 Å². The van der Waals surface area contributed by atoms with Crippen LogP contribution in [0, 0.1) is 11.6 Å². The fourth-order valence-electron chi connectivity index (χ4n) is 3.10. The number of rotatable bonds is 4. The van der Waals surface area contributed by atoms with Crippen molar-refractivity contribution in [3.8, 4) is 5.75 Å². The smallest absolute Gasteiger partial charge is 0.337 e. The van der Waals surface area contributed by atoms with Gasteiger partial charge in [-0.05, 0) is 61.1 Å². The van der Waals surface area contributed by atoms with Gasteiger partial charge in [0.1, 0.15) is 5.75 Å². The third-order valence-electron chi connectivity index (χ3n) is 4.50. The first-order valence-corrected chi connectivity index (χ1v) is 8.77. The average molecular weight is 404 g/mol. The zero-order valence-corrected chi connectivity index (χ0v) is 16.3. The van der Waals surface area contributed by atoms with Crippen molar-refractivity contribution >= 4 is 29.0 Å². The van der Waals surface area contributed by atoms with Gasteiger partial charge in [0.15, 0.2) is 16.7 Å². The summed E-state index contributed by atoms with van der Waals surface area (Å²) in [5.74, 6) is -1.90. The van der Waals surface area contributed by atoms with Gasteiger partial charge in [-0.15, -0.1) is 0 Å². The molecule has 2 aromatic carbocycles. The summed E-state index contributed by atoms with van der Waals surface area (Å²) in [6.45, 7) is 1.72. The van der Waals surface area contributed by atoms with E-state index in [1.807, 2.05) is 0 Å². The lowest BCUT2D eigenvalue weighted by atomic mass is 9.94. The maximum Gasteiger partial charge on any atom is 0.337 e. The number of ether oxygens (including phenoxy) is 2. The highest BCUT2D eigenvalue weighted by Gasteiger charge is 2.35. The Morgan fingerprint density at radius 3 is 2.36 bits per heavy atom. The molecule has 146 valence electrons. The number of allylic oxidation sites excluding steroid dienone is 1. The van der Waals surface area contributed by atoms with Gasteiger partial charge in [-0.2, -0.15) is 0 Å². The van der Waals surface area contributed by atoms with E-state index >= 15 is 0 Å². The highest BCUT2D eigenvalue weighted by molar-refractivity contribution is 7.80. The first kappa shape index (κ1) is 19.8. The lowest BCUT2D eigenvalue weighted by Gasteiger charge is -2.37. The van der Waals surface area contributed by atoms with Crippen LogP contribution in [0.5, 0.6) is 5.75 Å². The van der Waals surface area contributed by atoms with Crippen molar-refractivity contribution in [2.45, 2.75) is 13.0 Å². The number of anilines is 1. The molecule has 0 bridgehead atoms. The quantitative estimate of drug-likeness (QED) is 0.617. The van der Waals surface area contributed by atoms with Crippen LogP contribution in [0.15, 0.2) is 53.7 Å². The van der Waals surface area contributed by atoms with E-state index in [2.05, 4.69) is 5.32 Å². The van der Waals surface area contributed by atoms with Crippen molar-refractivity contribution in [3.63, 3.8) is 0 Å². The van der Waals surface area contributed by atoms with Gasteiger partial charge < -0.3 is 14.8 Å². The Hall–Kier alpha value is -3.00. The molecule has 1 heterocycles. The Kier molecular flexibility index (Phi) is 5.60. The SMILES string of the molecule is COC(=O)C1=C(C)N(c2ccc(OC)cc2)C(=S)N[C@@H]1c1ccc(F)c(F)c1. The molecule has 0 radical (unpaired) electrons. The van der Waals surface area contributed by atoms with E-state index in [4.69, 9.17) is 21.7 Å². The molecule has 2 aromatic rings. The Morgan fingerprint density at radius 1 is 1.11 bits per heavy atom. The minimum absolute atomic E-state index is 0.248. The van der Waals surface area contributed by atoms with Gasteiger partial charge in [0, 0.05) is 11.4 Å². The van der Waals surface area contributed by atoms with E-state index in [1.165, 1.54) is 13.2 Å². The van der Waals surface area contributed by atoms with E-state index in [-0.39, 0.29) is 5.57 Å². The van der Waals surface area contributed by atoms with Crippen LogP contribution in [0.3, 0.4) is 0 Å². The van der Waals surface area contributed by atoms with E-state index in [0.29, 0.717) is 27.8 Å². The molecule has 3 rings (SSSR count). The van der Waals surface area contributed by atoms with Gasteiger partial charge in [0.2, 0.25) is 0 Å². The Balaban J connectivity index is 2.11. The predicted molar refractivity (Wildman–Crippen MR) is 105 cm³/mol. The number of nitrogens with zero attached hydrogens (tertiary/aromatic N) is 1. The molecule has 28 heavy (non-hydrogen) atoms. The van der Waals surface area contributed by atoms with Crippen molar-refractivity contribution in [3.05, 3.63) is 70.9 Å². The van der Waals surface area contributed by atoms with Crippen LogP contribution < -0.4 is 15.0 Å². The number of methoxy groups -OCH3 is 2. The van der Waals surface area contributed by atoms with Crippen molar-refractivity contribution in [2.24, 2.45) is 0 Å². The standard InChI is InChI=1S/C20H18F2N2O3S/c1-11-17(19(25)27-3)18(12-4-9-15(21)16(22)10-12)23-20(28)24(11)13-5-7-14(26-2)8-6-13/h4-10,18H,1-3H3,(H,23,28)/t18-/m1/s1. The molecule has 5 nitrogen and oxygen atoms in total. The molecule has 0 aromatic heterocycles. The van der Waals surface area contributed by atoms with Crippen LogP contribution in [0.2, 0.25) is 0 Å². The topological polar surface area (TPSA) is 50.8 Å². The zero-order valence-electron chi connectivity index (χ0n) is 15.5. The highest BCUT2D eigenvalue weighted by atomic mass is 32.1. The van der Waals surface area contributed by atoms with Crippen LogP contribution in [-0.2, 0) is 9.53 Å². The molecule has 0 saturated heterocycles. The fourth-order valence-corrected chi connectivity index (χ4v) is 3.46. The molecule has 0 unspecified atom stereocenters. The first-order chi connectivity index (χ1) is 13.4. The monoisotopic (exact) mass is 404 g/mol. The summed E-state index contributed by atoms with van der Waals surface area (Å²) in [4.78, 5) is 14.2. The number of nitrogens with one attached hydrogen (secondary N) is 1. The van der Waals surface area contributed by atoms with E-state index in [9.17, 15) is 13.6 Å². The Morgan fingerprint density at radius 2 is 1.79 bits per heavy atom. The second-order valence-corrected chi connectivity index (χ2v) is 6.47. The van der Waals surface area contributed by atoms with Crippen molar-refractivity contribution < 1.29 is 23.0 Å². The summed E-state index contributed by atoms with van der Waals surface area (Å²) in [7, 11) is 2.82. The van der Waals surface area contributed by atoms with Crippen LogP contribution in [0.1, 0.15) is 18.5 Å². The number of hydrogen-bond donors (Lipinski definition) is 1. The summed E-state index contributed by atoms with van der Waals surface area (Å²) in [6.07, 6.45) is 0. The van der Waals surface area contributed by atoms with Crippen molar-refractivity contribution in [2.75, 3.05) is 19.1 Å². The van der Waals surface area contributed by atoms with Crippen molar-refractivity contribution in [1.29, 1.82) is 0 Å². The van der Waals surface area contributed by atoms with Gasteiger partial charge in [-0.1, -0.05) is 6.07 Å². The predicted octanol–water partition coefficient (Wildman–Crippen LogP) is 3.86. The van der Waals surface area contributed by atoms with Gasteiger partial charge in [0.25, 0.3) is 0 Å². The second kappa shape index (κ2) is 7.93. The summed E-state index contributed by atoms with van der Waals surface area (Å²) in [5.41, 5.74) is 1.84. The molecule has 8 heteroatoms. The van der Waals surface area contributed by atoms with Gasteiger partial charge in [0.05, 0.1) is 25.8 Å². The second-order valence-electron chi connectivity index (χ2n) is 6.08. The molecule has 0 aliphatic carbocycles. The lowest BCUT2D eigenvalue weighted by molar-refractivity contribution is -0.136. The molecule has 1 atom stereocenters. The molecule has 1 N–H and O–H groups in total. The number of carbonyl (C=O) groups excluding carboxylic acids is 1. The van der Waals surface area contributed by atoms with Crippen LogP contribution >= 0.6 is 12.2 Å². The Bertz CT molecular complexity index is 960. The first-order valence-electron chi connectivity index (χ1n) is 8.36. The number of esters is 1. The largest absolute Gasteiger partial charge is 0.497 e. The van der Waals surface area contributed by atoms with E-state index < -0.39 is 23.6 Å². The maximum atomic E-state index is 13.8. The molecular weight excluding hydrogens is 386 g/mol. The minimum Gasteiger partial charge on any atom is -0.497 e. The number of halogens is 2. The maximum absolute atomic E-state index is 13.8. The number of thiocarbonyl (C=S) groups is 1. The molecular formula is C20H18F2N2O3S. The summed E-state index contributed by atoms with van der Waals surface area (Å²) in [5, 5.41) is 3.34. The lowest BCUT2D eigenvalue weighted by Crippen LogP contribution is -2.48. The molecule has 1 aliphatic rings. The highest BCUT2D eigenvalue weighted by Crippen LogP contribution is 2.35. The number of carbonyl (C=O) groups is 1. The van der Waals surface area contributed by atoms with Crippen LogP contribution in [-0.4, -0.2) is 25.3 Å². The minimum atomic E-state index is -1.01. The number of benzene rings is 2. The van der Waals surface area contributed by atoms with Crippen molar-refractivity contribution in [1.82, 2.24) is 5.32 Å². The summed E-state index contributed by atoms with van der Waals surface area (Å²) in [6, 6.07) is 9.80. The van der Waals surface area contributed by atoms with Crippen LogP contribution in [0.4, 0.5) is 14.5 Å². The summed E-state index contributed by atoms with van der Waals surface area (Å²) >= 11 is 5.49. The van der Waals surface area contributed by atoms with E-state index in [1.54, 1.807) is 43.2 Å². The normalized spacial score (nSPS) is 16.7. The van der Waals surface area contributed by atoms with E-state index in [0.717, 1.165) is 12.1 Å². The number of hydrogen-bond acceptors (Lipinski definition) is 4. The fraction of sp³-hybridized carbons (Fsp3) is 0.200. The molecule has 0 saturated carbocycles. The summed E-state index contributed by atoms with van der Waals surface area (Å²) < 4.78 is 37.2. The molecule has 1 aliphatic heterocycles. The molecule has 0 amide bonds. The van der Waals surface area contributed by atoms with Gasteiger partial charge in [-0.25, -0.2) is 13.6 Å². The third-order valence-corrected chi connectivity index (χ3v) is 4.80. The van der Waals surface area contributed by atoms with Crippen LogP contribution in [0.25, 0.3) is 0 Å². The third kappa shape index (κ3) is 3.55. The molecule has 0 spiro atoms. The molecule has 0 fully saturated rings.